The maximum absolute atomic E-state index is 8.28. The highest BCUT2D eigenvalue weighted by Crippen LogP contribution is 2.13. The maximum atomic E-state index is 8.28. The van der Waals surface area contributed by atoms with E-state index >= 15 is 0 Å². The fourth-order valence-corrected chi connectivity index (χ4v) is 1.46. The number of unbranched alkanes of at least 4 members (excludes halogenated alkanes) is 1. The van der Waals surface area contributed by atoms with Crippen LogP contribution in [-0.4, -0.2) is 16.8 Å². The maximum Gasteiger partial charge on any atom is 0.0570 e. The number of rotatable bonds is 2. The van der Waals surface area contributed by atoms with Crippen LogP contribution in [0.4, 0.5) is 0 Å². The first-order valence-electron chi connectivity index (χ1n) is 5.11. The van der Waals surface area contributed by atoms with Crippen LogP contribution in [0.2, 0.25) is 0 Å². The van der Waals surface area contributed by atoms with Crippen LogP contribution in [0.3, 0.4) is 0 Å². The molecule has 1 saturated carbocycles. The van der Waals surface area contributed by atoms with Crippen molar-refractivity contribution in [2.45, 2.75) is 51.9 Å². The van der Waals surface area contributed by atoms with E-state index < -0.39 is 0 Å². The largest absolute Gasteiger partial charge is 0.411 e. The molecule has 1 N–H and O–H groups in total. The minimum atomic E-state index is 0.816. The molecule has 0 unspecified atom stereocenters. The van der Waals surface area contributed by atoms with Gasteiger partial charge in [-0.2, -0.15) is 0 Å². The van der Waals surface area contributed by atoms with Gasteiger partial charge in [0.15, 0.2) is 0 Å². The number of halogens is 1. The Morgan fingerprint density at radius 1 is 1.31 bits per heavy atom. The summed E-state index contributed by atoms with van der Waals surface area (Å²) in [6, 6.07) is 0. The molecule has 1 fully saturated rings. The van der Waals surface area contributed by atoms with Crippen molar-refractivity contribution in [1.82, 2.24) is 0 Å². The van der Waals surface area contributed by atoms with Gasteiger partial charge in [0.2, 0.25) is 0 Å². The first kappa shape index (κ1) is 12.8. The Bertz CT molecular complexity index is 127. The molecule has 1 rings (SSSR count). The zero-order valence-corrected chi connectivity index (χ0v) is 9.19. The first-order chi connectivity index (χ1) is 6.35. The molecule has 0 bridgehead atoms. The van der Waals surface area contributed by atoms with Gasteiger partial charge in [0, 0.05) is 5.88 Å². The van der Waals surface area contributed by atoms with Crippen molar-refractivity contribution in [2.24, 2.45) is 5.16 Å². The average molecular weight is 206 g/mol. The Hall–Kier alpha value is -0.240. The highest BCUT2D eigenvalue weighted by Gasteiger charge is 2.05. The Morgan fingerprint density at radius 3 is 2.15 bits per heavy atom. The molecule has 0 aromatic carbocycles. The molecule has 1 aliphatic carbocycles. The van der Waals surface area contributed by atoms with Crippen LogP contribution >= 0.6 is 11.6 Å². The molecule has 78 valence electrons. The molecule has 0 aliphatic heterocycles. The molecule has 13 heavy (non-hydrogen) atoms. The van der Waals surface area contributed by atoms with Crippen molar-refractivity contribution in [3.63, 3.8) is 0 Å². The van der Waals surface area contributed by atoms with Crippen molar-refractivity contribution in [2.75, 3.05) is 5.88 Å². The number of oxime groups is 1. The molecular weight excluding hydrogens is 186 g/mol. The molecule has 0 aromatic rings. The summed E-state index contributed by atoms with van der Waals surface area (Å²) in [6.07, 6.45) is 8.11. The van der Waals surface area contributed by atoms with Gasteiger partial charge in [0.25, 0.3) is 0 Å². The van der Waals surface area contributed by atoms with Crippen LogP contribution in [0.5, 0.6) is 0 Å². The Labute approximate surface area is 86.0 Å². The molecule has 3 heteroatoms. The summed E-state index contributed by atoms with van der Waals surface area (Å²) in [4.78, 5) is 0. The smallest absolute Gasteiger partial charge is 0.0570 e. The van der Waals surface area contributed by atoms with Crippen LogP contribution in [0.1, 0.15) is 51.9 Å². The van der Waals surface area contributed by atoms with E-state index in [1.807, 2.05) is 0 Å². The van der Waals surface area contributed by atoms with E-state index in [1.165, 1.54) is 25.7 Å². The summed E-state index contributed by atoms with van der Waals surface area (Å²) in [7, 11) is 0. The van der Waals surface area contributed by atoms with Gasteiger partial charge in [-0.15, -0.1) is 11.6 Å². The predicted octanol–water partition coefficient (Wildman–Crippen LogP) is 3.81. The number of alkyl halides is 1. The van der Waals surface area contributed by atoms with E-state index in [0.717, 1.165) is 30.9 Å². The second-order valence-electron chi connectivity index (χ2n) is 3.27. The minimum absolute atomic E-state index is 0.816. The Kier molecular flexibility index (Phi) is 9.66. The zero-order chi connectivity index (χ0) is 9.94. The third-order valence-corrected chi connectivity index (χ3v) is 2.33. The fraction of sp³-hybridized carbons (Fsp3) is 0.900. The molecule has 0 aromatic heterocycles. The lowest BCUT2D eigenvalue weighted by molar-refractivity contribution is 0.314. The Balaban J connectivity index is 0.000000252. The SMILES string of the molecule is CCCCCl.ON=C1CCCCC1. The second kappa shape index (κ2) is 9.85. The molecule has 0 radical (unpaired) electrons. The van der Waals surface area contributed by atoms with Gasteiger partial charge in [-0.25, -0.2) is 0 Å². The lowest BCUT2D eigenvalue weighted by atomic mass is 9.99. The standard InChI is InChI=1S/C6H11NO.C4H9Cl/c8-7-6-4-2-1-3-5-6;1-2-3-4-5/h8H,1-5H2;2-4H2,1H3. The van der Waals surface area contributed by atoms with E-state index in [1.54, 1.807) is 0 Å². The van der Waals surface area contributed by atoms with Gasteiger partial charge in [0.1, 0.15) is 0 Å². The van der Waals surface area contributed by atoms with Crippen LogP contribution in [0.25, 0.3) is 0 Å². The van der Waals surface area contributed by atoms with Crippen molar-refractivity contribution >= 4 is 17.3 Å². The van der Waals surface area contributed by atoms with Crippen molar-refractivity contribution in [3.05, 3.63) is 0 Å². The summed E-state index contributed by atoms with van der Waals surface area (Å²) in [5.74, 6) is 0.816. The summed E-state index contributed by atoms with van der Waals surface area (Å²) in [5, 5.41) is 11.4. The molecule has 0 saturated heterocycles. The van der Waals surface area contributed by atoms with Gasteiger partial charge in [-0.05, 0) is 32.1 Å². The fourth-order valence-electron chi connectivity index (χ4n) is 1.19. The van der Waals surface area contributed by atoms with E-state index in [-0.39, 0.29) is 0 Å². The van der Waals surface area contributed by atoms with Crippen LogP contribution < -0.4 is 0 Å². The topological polar surface area (TPSA) is 32.6 Å². The van der Waals surface area contributed by atoms with Crippen molar-refractivity contribution in [1.29, 1.82) is 0 Å². The molecule has 0 spiro atoms. The molecule has 0 atom stereocenters. The molecule has 2 nitrogen and oxygen atoms in total. The lowest BCUT2D eigenvalue weighted by Gasteiger charge is -2.08. The third kappa shape index (κ3) is 8.10. The van der Waals surface area contributed by atoms with E-state index in [9.17, 15) is 0 Å². The van der Waals surface area contributed by atoms with Gasteiger partial charge in [0.05, 0.1) is 5.71 Å². The molecule has 0 amide bonds. The monoisotopic (exact) mass is 205 g/mol. The summed E-state index contributed by atoms with van der Waals surface area (Å²) >= 11 is 5.30. The minimum Gasteiger partial charge on any atom is -0.411 e. The first-order valence-corrected chi connectivity index (χ1v) is 5.64. The highest BCUT2D eigenvalue weighted by atomic mass is 35.5. The van der Waals surface area contributed by atoms with Crippen LogP contribution in [0, 0.1) is 0 Å². The van der Waals surface area contributed by atoms with Gasteiger partial charge >= 0.3 is 0 Å². The predicted molar refractivity (Wildman–Crippen MR) is 57.9 cm³/mol. The summed E-state index contributed by atoms with van der Waals surface area (Å²) in [6.45, 7) is 2.13. The van der Waals surface area contributed by atoms with Gasteiger partial charge in [-0.3, -0.25) is 0 Å². The second-order valence-corrected chi connectivity index (χ2v) is 3.65. The zero-order valence-electron chi connectivity index (χ0n) is 8.43. The van der Waals surface area contributed by atoms with Crippen molar-refractivity contribution in [3.8, 4) is 0 Å². The van der Waals surface area contributed by atoms with E-state index in [0.29, 0.717) is 0 Å². The normalized spacial score (nSPS) is 16.0. The number of hydrogen-bond donors (Lipinski definition) is 1. The van der Waals surface area contributed by atoms with Gasteiger partial charge < -0.3 is 5.21 Å². The highest BCUT2D eigenvalue weighted by molar-refractivity contribution is 6.17. The number of nitrogens with zero attached hydrogens (tertiary/aromatic N) is 1. The van der Waals surface area contributed by atoms with Gasteiger partial charge in [-0.1, -0.05) is 24.9 Å². The number of hydrogen-bond acceptors (Lipinski definition) is 2. The molecule has 1 aliphatic rings. The summed E-state index contributed by atoms with van der Waals surface area (Å²) in [5.41, 5.74) is 0.983. The van der Waals surface area contributed by atoms with Crippen molar-refractivity contribution < 1.29 is 5.21 Å². The Morgan fingerprint density at radius 2 is 1.92 bits per heavy atom. The molecule has 0 heterocycles. The van der Waals surface area contributed by atoms with Crippen LogP contribution in [-0.2, 0) is 0 Å². The average Bonchev–Trinajstić information content (AvgIpc) is 2.21. The molecular formula is C10H20ClNO. The quantitative estimate of drug-likeness (QED) is 0.415. The van der Waals surface area contributed by atoms with E-state index in [4.69, 9.17) is 16.8 Å². The lowest BCUT2D eigenvalue weighted by Crippen LogP contribution is -2.03. The van der Waals surface area contributed by atoms with E-state index in [2.05, 4.69) is 12.1 Å². The summed E-state index contributed by atoms with van der Waals surface area (Å²) < 4.78 is 0. The third-order valence-electron chi connectivity index (χ3n) is 2.06. The van der Waals surface area contributed by atoms with Crippen LogP contribution in [0.15, 0.2) is 5.16 Å².